The first kappa shape index (κ1) is 28.6. The van der Waals surface area contributed by atoms with E-state index in [4.69, 9.17) is 9.97 Å². The molecule has 230 valence electrons. The van der Waals surface area contributed by atoms with Gasteiger partial charge in [-0.2, -0.15) is 0 Å². The highest BCUT2D eigenvalue weighted by Gasteiger charge is 2.20. The van der Waals surface area contributed by atoms with Crippen molar-refractivity contribution in [2.24, 2.45) is 0 Å². The molecule has 0 aliphatic carbocycles. The zero-order chi connectivity index (χ0) is 32.6. The minimum Gasteiger partial charge on any atom is -0.277 e. The van der Waals surface area contributed by atoms with Gasteiger partial charge >= 0.3 is 0 Å². The van der Waals surface area contributed by atoms with Crippen molar-refractivity contribution in [2.45, 2.75) is 0 Å². The van der Waals surface area contributed by atoms with Crippen LogP contribution in [0.15, 0.2) is 188 Å². The first-order chi connectivity index (χ1) is 24.3. The van der Waals surface area contributed by atoms with Crippen molar-refractivity contribution in [2.75, 3.05) is 0 Å². The summed E-state index contributed by atoms with van der Waals surface area (Å²) in [6.45, 7) is 0. The zero-order valence-electron chi connectivity index (χ0n) is 26.7. The normalized spacial score (nSPS) is 11.3. The maximum Gasteiger partial charge on any atom is 0.235 e. The molecule has 3 heteroatoms. The molecule has 0 aliphatic rings. The molecule has 0 saturated carbocycles. The van der Waals surface area contributed by atoms with Crippen LogP contribution in [-0.4, -0.2) is 14.5 Å². The van der Waals surface area contributed by atoms with Crippen molar-refractivity contribution < 1.29 is 0 Å². The molecular formula is C46H31N3. The average Bonchev–Trinajstić information content (AvgIpc) is 3.53. The van der Waals surface area contributed by atoms with E-state index in [0.717, 1.165) is 49.8 Å². The Hall–Kier alpha value is -6.58. The van der Waals surface area contributed by atoms with Crippen LogP contribution in [-0.2, 0) is 0 Å². The molecule has 0 radical (unpaired) electrons. The highest BCUT2D eigenvalue weighted by molar-refractivity contribution is 6.15. The van der Waals surface area contributed by atoms with E-state index in [-0.39, 0.29) is 0 Å². The van der Waals surface area contributed by atoms with E-state index in [2.05, 4.69) is 174 Å². The summed E-state index contributed by atoms with van der Waals surface area (Å²) in [5.74, 6) is 0.643. The van der Waals surface area contributed by atoms with Gasteiger partial charge in [0.1, 0.15) is 0 Å². The molecule has 2 heterocycles. The van der Waals surface area contributed by atoms with Gasteiger partial charge in [0, 0.05) is 28.1 Å². The lowest BCUT2D eigenvalue weighted by Crippen LogP contribution is -2.02. The zero-order valence-corrected chi connectivity index (χ0v) is 26.7. The third-order valence-corrected chi connectivity index (χ3v) is 9.26. The number of benzene rings is 7. The average molecular weight is 626 g/mol. The fourth-order valence-electron chi connectivity index (χ4n) is 6.92. The van der Waals surface area contributed by atoms with E-state index in [9.17, 15) is 0 Å². The number of hydrogen-bond donors (Lipinski definition) is 0. The molecule has 0 spiro atoms. The molecule has 2 aromatic heterocycles. The summed E-state index contributed by atoms with van der Waals surface area (Å²) >= 11 is 0. The van der Waals surface area contributed by atoms with E-state index < -0.39 is 0 Å². The molecule has 7 aromatic carbocycles. The van der Waals surface area contributed by atoms with Gasteiger partial charge in [0.25, 0.3) is 0 Å². The minimum absolute atomic E-state index is 0.643. The van der Waals surface area contributed by atoms with Crippen molar-refractivity contribution in [1.82, 2.24) is 14.5 Å². The van der Waals surface area contributed by atoms with Crippen LogP contribution in [0.25, 0.3) is 83.5 Å². The van der Waals surface area contributed by atoms with Gasteiger partial charge in [0.15, 0.2) is 0 Å². The second kappa shape index (κ2) is 12.2. The Bertz CT molecular complexity index is 2590. The van der Waals surface area contributed by atoms with E-state index in [1.54, 1.807) is 0 Å². The SMILES string of the molecule is c1ccc(-c2cccc(-c3cc(-c4ccccc4)c4c(c3)c3ccccc3n4-c3nccc(-c4cccc(-c5ccccc5)c4)n3)c2)cc1. The quantitative estimate of drug-likeness (QED) is 0.184. The molecule has 0 unspecified atom stereocenters. The topological polar surface area (TPSA) is 30.7 Å². The summed E-state index contributed by atoms with van der Waals surface area (Å²) in [5.41, 5.74) is 13.4. The smallest absolute Gasteiger partial charge is 0.235 e. The fraction of sp³-hybridized carbons (Fsp3) is 0. The molecule has 0 amide bonds. The highest BCUT2D eigenvalue weighted by Crippen LogP contribution is 2.41. The third-order valence-electron chi connectivity index (χ3n) is 9.26. The second-order valence-corrected chi connectivity index (χ2v) is 12.3. The van der Waals surface area contributed by atoms with Crippen LogP contribution in [0.2, 0.25) is 0 Å². The van der Waals surface area contributed by atoms with Gasteiger partial charge in [-0.15, -0.1) is 0 Å². The Morgan fingerprint density at radius 1 is 0.367 bits per heavy atom. The Morgan fingerprint density at radius 3 is 1.57 bits per heavy atom. The Balaban J connectivity index is 1.27. The third kappa shape index (κ3) is 5.28. The van der Waals surface area contributed by atoms with Gasteiger partial charge in [0.05, 0.1) is 16.7 Å². The number of rotatable bonds is 6. The lowest BCUT2D eigenvalue weighted by atomic mass is 9.94. The molecular weight excluding hydrogens is 595 g/mol. The summed E-state index contributed by atoms with van der Waals surface area (Å²) in [4.78, 5) is 10.1. The Labute approximate surface area is 285 Å². The van der Waals surface area contributed by atoms with Crippen LogP contribution < -0.4 is 0 Å². The molecule has 0 atom stereocenters. The maximum absolute atomic E-state index is 5.23. The van der Waals surface area contributed by atoms with Crippen molar-refractivity contribution >= 4 is 21.8 Å². The molecule has 9 aromatic rings. The summed E-state index contributed by atoms with van der Waals surface area (Å²) in [6.07, 6.45) is 1.87. The predicted molar refractivity (Wildman–Crippen MR) is 204 cm³/mol. The first-order valence-corrected chi connectivity index (χ1v) is 16.6. The van der Waals surface area contributed by atoms with Gasteiger partial charge in [-0.1, -0.05) is 146 Å². The molecule has 49 heavy (non-hydrogen) atoms. The van der Waals surface area contributed by atoms with Crippen molar-refractivity contribution in [3.8, 4) is 61.7 Å². The van der Waals surface area contributed by atoms with E-state index >= 15 is 0 Å². The van der Waals surface area contributed by atoms with Gasteiger partial charge < -0.3 is 0 Å². The monoisotopic (exact) mass is 625 g/mol. The van der Waals surface area contributed by atoms with Crippen LogP contribution in [0.3, 0.4) is 0 Å². The molecule has 3 nitrogen and oxygen atoms in total. The Kier molecular flexibility index (Phi) is 7.14. The van der Waals surface area contributed by atoms with Crippen LogP contribution in [0.1, 0.15) is 0 Å². The molecule has 0 bridgehead atoms. The van der Waals surface area contributed by atoms with Crippen LogP contribution >= 0.6 is 0 Å². The summed E-state index contributed by atoms with van der Waals surface area (Å²) in [6, 6.07) is 64.3. The predicted octanol–water partition coefficient (Wildman–Crippen LogP) is 11.9. The largest absolute Gasteiger partial charge is 0.277 e. The number of aromatic nitrogens is 3. The number of hydrogen-bond acceptors (Lipinski definition) is 2. The van der Waals surface area contributed by atoms with Crippen molar-refractivity contribution in [3.05, 3.63) is 188 Å². The second-order valence-electron chi connectivity index (χ2n) is 12.3. The molecule has 0 aliphatic heterocycles. The van der Waals surface area contributed by atoms with E-state index in [1.807, 2.05) is 18.3 Å². The molecule has 0 N–H and O–H groups in total. The van der Waals surface area contributed by atoms with Crippen LogP contribution in [0, 0.1) is 0 Å². The highest BCUT2D eigenvalue weighted by atomic mass is 15.2. The number of para-hydroxylation sites is 1. The lowest BCUT2D eigenvalue weighted by molar-refractivity contribution is 0.992. The van der Waals surface area contributed by atoms with Crippen molar-refractivity contribution in [1.29, 1.82) is 0 Å². The summed E-state index contributed by atoms with van der Waals surface area (Å²) in [5, 5.41) is 2.33. The molecule has 0 saturated heterocycles. The first-order valence-electron chi connectivity index (χ1n) is 16.6. The van der Waals surface area contributed by atoms with Gasteiger partial charge in [-0.05, 0) is 75.3 Å². The van der Waals surface area contributed by atoms with Gasteiger partial charge in [0.2, 0.25) is 5.95 Å². The minimum atomic E-state index is 0.643. The number of nitrogens with zero attached hydrogens (tertiary/aromatic N) is 3. The van der Waals surface area contributed by atoms with E-state index in [0.29, 0.717) is 5.95 Å². The molecule has 9 rings (SSSR count). The standard InChI is InChI=1S/C46H31N3/c1-4-14-32(15-5-1)35-20-12-22-37(28-35)39-30-41(34-18-8-3-9-19-34)45-42(31-39)40-24-10-11-25-44(40)49(45)46-47-27-26-43(48-46)38-23-13-21-36(29-38)33-16-6-2-7-17-33/h1-31H. The fourth-order valence-corrected chi connectivity index (χ4v) is 6.92. The Morgan fingerprint density at radius 2 is 0.898 bits per heavy atom. The lowest BCUT2D eigenvalue weighted by Gasteiger charge is -2.14. The molecule has 0 fully saturated rings. The summed E-state index contributed by atoms with van der Waals surface area (Å²) in [7, 11) is 0. The van der Waals surface area contributed by atoms with Crippen LogP contribution in [0.4, 0.5) is 0 Å². The van der Waals surface area contributed by atoms with Crippen LogP contribution in [0.5, 0.6) is 0 Å². The van der Waals surface area contributed by atoms with E-state index in [1.165, 1.54) is 27.8 Å². The summed E-state index contributed by atoms with van der Waals surface area (Å²) < 4.78 is 2.24. The van der Waals surface area contributed by atoms with Gasteiger partial charge in [-0.3, -0.25) is 4.57 Å². The number of fused-ring (bicyclic) bond motifs is 3. The maximum atomic E-state index is 5.23. The van der Waals surface area contributed by atoms with Crippen molar-refractivity contribution in [3.63, 3.8) is 0 Å². The van der Waals surface area contributed by atoms with Gasteiger partial charge in [-0.25, -0.2) is 9.97 Å².